The number of hydrogen-bond donors (Lipinski definition) is 1. The Kier molecular flexibility index (Phi) is 6.88. The Bertz CT molecular complexity index is 521. The Morgan fingerprint density at radius 1 is 1.50 bits per heavy atom. The Balaban J connectivity index is 2.89. The molecule has 6 heteroatoms. The number of nitrogens with one attached hydrogen (secondary N) is 1. The molecule has 0 spiro atoms. The Labute approximate surface area is 126 Å². The van der Waals surface area contributed by atoms with Crippen LogP contribution in [-0.4, -0.2) is 31.9 Å². The molecule has 1 aromatic heterocycles. The number of thiophene rings is 1. The van der Waals surface area contributed by atoms with Gasteiger partial charge < -0.3 is 5.32 Å². The summed E-state index contributed by atoms with van der Waals surface area (Å²) >= 11 is 1.28. The van der Waals surface area contributed by atoms with E-state index in [0.29, 0.717) is 17.3 Å². The van der Waals surface area contributed by atoms with Crippen LogP contribution in [0, 0.1) is 0 Å². The lowest BCUT2D eigenvalue weighted by Crippen LogP contribution is -2.36. The van der Waals surface area contributed by atoms with Crippen LogP contribution in [-0.2, 0) is 16.6 Å². The summed E-state index contributed by atoms with van der Waals surface area (Å²) < 4.78 is 27.0. The van der Waals surface area contributed by atoms with Gasteiger partial charge >= 0.3 is 0 Å². The highest BCUT2D eigenvalue weighted by Gasteiger charge is 2.27. The third-order valence-electron chi connectivity index (χ3n) is 2.83. The second kappa shape index (κ2) is 7.93. The van der Waals surface area contributed by atoms with Crippen molar-refractivity contribution in [1.29, 1.82) is 0 Å². The standard InChI is InChI=1S/C14H24N2O2S2/c1-5-7-15-10-13-9-14(19-11-13)20(17,18)16(8-6-2)12(3)4/h6,9,11-12,15H,2,5,7-8,10H2,1,3-4H3. The van der Waals surface area contributed by atoms with E-state index in [1.807, 2.05) is 19.2 Å². The second-order valence-corrected chi connectivity index (χ2v) is 7.94. The van der Waals surface area contributed by atoms with Crippen molar-refractivity contribution in [3.05, 3.63) is 29.7 Å². The Morgan fingerprint density at radius 2 is 2.20 bits per heavy atom. The van der Waals surface area contributed by atoms with Crippen molar-refractivity contribution >= 4 is 21.4 Å². The fraction of sp³-hybridized carbons (Fsp3) is 0.571. The van der Waals surface area contributed by atoms with E-state index in [1.165, 1.54) is 15.6 Å². The maximum atomic E-state index is 12.6. The zero-order valence-corrected chi connectivity index (χ0v) is 14.1. The maximum absolute atomic E-state index is 12.6. The van der Waals surface area contributed by atoms with E-state index in [9.17, 15) is 8.42 Å². The van der Waals surface area contributed by atoms with Crippen LogP contribution in [0.15, 0.2) is 28.3 Å². The summed E-state index contributed by atoms with van der Waals surface area (Å²) in [7, 11) is -3.42. The first-order valence-electron chi connectivity index (χ1n) is 6.84. The number of nitrogens with zero attached hydrogens (tertiary/aromatic N) is 1. The third kappa shape index (κ3) is 4.41. The van der Waals surface area contributed by atoms with Gasteiger partial charge in [-0.25, -0.2) is 8.42 Å². The molecule has 1 aromatic rings. The van der Waals surface area contributed by atoms with E-state index in [-0.39, 0.29) is 6.04 Å². The van der Waals surface area contributed by atoms with Crippen molar-refractivity contribution in [1.82, 2.24) is 9.62 Å². The van der Waals surface area contributed by atoms with E-state index < -0.39 is 10.0 Å². The Hall–Kier alpha value is -0.690. The molecule has 0 amide bonds. The van der Waals surface area contributed by atoms with Crippen LogP contribution >= 0.6 is 11.3 Å². The van der Waals surface area contributed by atoms with Gasteiger partial charge in [0.05, 0.1) is 0 Å². The topological polar surface area (TPSA) is 49.4 Å². The van der Waals surface area contributed by atoms with Gasteiger partial charge in [0.15, 0.2) is 0 Å². The maximum Gasteiger partial charge on any atom is 0.253 e. The normalized spacial score (nSPS) is 12.2. The molecule has 1 heterocycles. The fourth-order valence-electron chi connectivity index (χ4n) is 1.82. The first kappa shape index (κ1) is 17.4. The Morgan fingerprint density at radius 3 is 2.75 bits per heavy atom. The van der Waals surface area contributed by atoms with Crippen LogP contribution in [0.3, 0.4) is 0 Å². The second-order valence-electron chi connectivity index (χ2n) is 4.91. The molecule has 20 heavy (non-hydrogen) atoms. The summed E-state index contributed by atoms with van der Waals surface area (Å²) in [5, 5.41) is 5.18. The lowest BCUT2D eigenvalue weighted by molar-refractivity contribution is 0.384. The van der Waals surface area contributed by atoms with Gasteiger partial charge in [-0.05, 0) is 43.8 Å². The van der Waals surface area contributed by atoms with Crippen molar-refractivity contribution < 1.29 is 8.42 Å². The molecule has 0 aliphatic carbocycles. The van der Waals surface area contributed by atoms with Crippen LogP contribution in [0.5, 0.6) is 0 Å². The van der Waals surface area contributed by atoms with E-state index in [2.05, 4.69) is 18.8 Å². The highest BCUT2D eigenvalue weighted by Crippen LogP contribution is 2.25. The first-order chi connectivity index (χ1) is 9.43. The molecule has 1 rings (SSSR count). The van der Waals surface area contributed by atoms with Gasteiger partial charge in [-0.15, -0.1) is 17.9 Å². The number of hydrogen-bond acceptors (Lipinski definition) is 4. The number of sulfonamides is 1. The van der Waals surface area contributed by atoms with E-state index in [1.54, 1.807) is 12.1 Å². The van der Waals surface area contributed by atoms with Crippen molar-refractivity contribution in [2.45, 2.75) is 44.0 Å². The van der Waals surface area contributed by atoms with Gasteiger partial charge in [0.25, 0.3) is 10.0 Å². The smallest absolute Gasteiger partial charge is 0.253 e. The quantitative estimate of drug-likeness (QED) is 0.563. The van der Waals surface area contributed by atoms with Gasteiger partial charge in [-0.3, -0.25) is 0 Å². The minimum atomic E-state index is -3.42. The molecular formula is C14H24N2O2S2. The molecule has 114 valence electrons. The average Bonchev–Trinajstić information content (AvgIpc) is 2.85. The lowest BCUT2D eigenvalue weighted by Gasteiger charge is -2.23. The monoisotopic (exact) mass is 316 g/mol. The van der Waals surface area contributed by atoms with Gasteiger partial charge in [0, 0.05) is 19.1 Å². The molecule has 0 saturated heterocycles. The van der Waals surface area contributed by atoms with Crippen molar-refractivity contribution in [3.8, 4) is 0 Å². The highest BCUT2D eigenvalue weighted by atomic mass is 32.2. The largest absolute Gasteiger partial charge is 0.313 e. The van der Waals surface area contributed by atoms with Gasteiger partial charge in [0.1, 0.15) is 4.21 Å². The van der Waals surface area contributed by atoms with Crippen LogP contribution in [0.1, 0.15) is 32.8 Å². The average molecular weight is 316 g/mol. The van der Waals surface area contributed by atoms with Crippen molar-refractivity contribution in [3.63, 3.8) is 0 Å². The number of rotatable bonds is 9. The molecule has 0 fully saturated rings. The van der Waals surface area contributed by atoms with Gasteiger partial charge in [0.2, 0.25) is 0 Å². The molecule has 0 saturated carbocycles. The highest BCUT2D eigenvalue weighted by molar-refractivity contribution is 7.91. The summed E-state index contributed by atoms with van der Waals surface area (Å²) in [6.45, 7) is 11.5. The first-order valence-corrected chi connectivity index (χ1v) is 9.16. The molecule has 4 nitrogen and oxygen atoms in total. The predicted molar refractivity (Wildman–Crippen MR) is 85.5 cm³/mol. The van der Waals surface area contributed by atoms with Gasteiger partial charge in [-0.1, -0.05) is 13.0 Å². The minimum absolute atomic E-state index is 0.0817. The van der Waals surface area contributed by atoms with Crippen LogP contribution in [0.2, 0.25) is 0 Å². The molecule has 0 bridgehead atoms. The minimum Gasteiger partial charge on any atom is -0.313 e. The van der Waals surface area contributed by atoms with E-state index in [4.69, 9.17) is 0 Å². The molecule has 1 N–H and O–H groups in total. The van der Waals surface area contributed by atoms with Crippen molar-refractivity contribution in [2.24, 2.45) is 0 Å². The summed E-state index contributed by atoms with van der Waals surface area (Å²) in [4.78, 5) is 0. The molecule has 0 aliphatic rings. The van der Waals surface area contributed by atoms with Crippen LogP contribution in [0.25, 0.3) is 0 Å². The SMILES string of the molecule is C=CCN(C(C)C)S(=O)(=O)c1cc(CNCCC)cs1. The zero-order chi connectivity index (χ0) is 15.2. The molecule has 0 radical (unpaired) electrons. The van der Waals surface area contributed by atoms with Crippen LogP contribution < -0.4 is 5.32 Å². The molecule has 0 aromatic carbocycles. The lowest BCUT2D eigenvalue weighted by atomic mass is 10.3. The third-order valence-corrected chi connectivity index (χ3v) is 6.34. The van der Waals surface area contributed by atoms with Crippen LogP contribution in [0.4, 0.5) is 0 Å². The summed E-state index contributed by atoms with van der Waals surface area (Å²) in [5.74, 6) is 0. The molecular weight excluding hydrogens is 292 g/mol. The van der Waals surface area contributed by atoms with Gasteiger partial charge in [-0.2, -0.15) is 4.31 Å². The zero-order valence-electron chi connectivity index (χ0n) is 12.4. The van der Waals surface area contributed by atoms with E-state index >= 15 is 0 Å². The summed E-state index contributed by atoms with van der Waals surface area (Å²) in [5.41, 5.74) is 1.02. The molecule has 0 aliphatic heterocycles. The summed E-state index contributed by atoms with van der Waals surface area (Å²) in [6, 6.07) is 1.68. The van der Waals surface area contributed by atoms with E-state index in [0.717, 1.165) is 18.5 Å². The van der Waals surface area contributed by atoms with Crippen molar-refractivity contribution in [2.75, 3.05) is 13.1 Å². The fourth-order valence-corrected chi connectivity index (χ4v) is 4.76. The predicted octanol–water partition coefficient (Wildman–Crippen LogP) is 2.83. The molecule has 0 atom stereocenters. The summed E-state index contributed by atoms with van der Waals surface area (Å²) in [6.07, 6.45) is 2.69. The molecule has 0 unspecified atom stereocenters.